The summed E-state index contributed by atoms with van der Waals surface area (Å²) in [7, 11) is 4.12. The maximum absolute atomic E-state index is 16.0. The van der Waals surface area contributed by atoms with Gasteiger partial charge in [-0.05, 0) is 31.2 Å². The molecule has 7 nitrogen and oxygen atoms in total. The summed E-state index contributed by atoms with van der Waals surface area (Å²) in [5, 5.41) is -0.252. The van der Waals surface area contributed by atoms with Crippen molar-refractivity contribution in [1.29, 1.82) is 0 Å². The molecule has 3 rings (SSSR count). The van der Waals surface area contributed by atoms with E-state index in [1.165, 1.54) is 50.4 Å². The quantitative estimate of drug-likeness (QED) is 0.579. The van der Waals surface area contributed by atoms with Gasteiger partial charge in [0.1, 0.15) is 17.4 Å². The average molecular weight is 506 g/mol. The number of halogens is 3. The first kappa shape index (κ1) is 26.2. The van der Waals surface area contributed by atoms with Crippen LogP contribution in [0.5, 0.6) is 5.75 Å². The molecule has 1 fully saturated rings. The molecule has 0 aliphatic carbocycles. The Balaban J connectivity index is 2.17. The highest BCUT2D eigenvalue weighted by molar-refractivity contribution is 6.34. The Labute approximate surface area is 207 Å². The second-order valence-corrected chi connectivity index (χ2v) is 8.73. The molecule has 35 heavy (non-hydrogen) atoms. The van der Waals surface area contributed by atoms with Crippen molar-refractivity contribution in [3.05, 3.63) is 64.7 Å². The number of amides is 3. The first-order chi connectivity index (χ1) is 16.5. The maximum Gasteiger partial charge on any atom is 0.257 e. The number of ether oxygens (including phenoxy) is 1. The van der Waals surface area contributed by atoms with E-state index < -0.39 is 35.1 Å². The average Bonchev–Trinajstić information content (AvgIpc) is 2.83. The van der Waals surface area contributed by atoms with Gasteiger partial charge in [-0.3, -0.25) is 14.4 Å². The van der Waals surface area contributed by atoms with Gasteiger partial charge in [0, 0.05) is 45.3 Å². The molecule has 0 saturated carbocycles. The summed E-state index contributed by atoms with van der Waals surface area (Å²) in [4.78, 5) is 42.7. The summed E-state index contributed by atoms with van der Waals surface area (Å²) in [5.74, 6) is -3.58. The molecular weight excluding hydrogens is 480 g/mol. The monoisotopic (exact) mass is 505 g/mol. The minimum atomic E-state index is -1.13. The molecule has 0 spiro atoms. The second-order valence-electron chi connectivity index (χ2n) is 8.32. The molecular formula is C25H26ClF2N3O4. The Hall–Kier alpha value is -3.46. The summed E-state index contributed by atoms with van der Waals surface area (Å²) in [6, 6.07) is 4.71. The number of carbonyl (C=O) groups is 3. The third-order valence-electron chi connectivity index (χ3n) is 5.89. The van der Waals surface area contributed by atoms with E-state index in [4.69, 9.17) is 16.3 Å². The molecule has 0 aromatic heterocycles. The lowest BCUT2D eigenvalue weighted by molar-refractivity contribution is -0.128. The van der Waals surface area contributed by atoms with Crippen LogP contribution >= 0.6 is 11.6 Å². The summed E-state index contributed by atoms with van der Waals surface area (Å²) in [5.41, 5.74) is -1.41. The van der Waals surface area contributed by atoms with E-state index in [9.17, 15) is 18.8 Å². The van der Waals surface area contributed by atoms with Crippen molar-refractivity contribution in [2.45, 2.75) is 13.0 Å². The predicted molar refractivity (Wildman–Crippen MR) is 129 cm³/mol. The fourth-order valence-electron chi connectivity index (χ4n) is 4.11. The van der Waals surface area contributed by atoms with Gasteiger partial charge in [0.25, 0.3) is 11.8 Å². The number of hydrogen-bond donors (Lipinski definition) is 0. The Morgan fingerprint density at radius 2 is 1.89 bits per heavy atom. The molecule has 1 saturated heterocycles. The van der Waals surface area contributed by atoms with Crippen LogP contribution in [-0.2, 0) is 4.79 Å². The highest BCUT2D eigenvalue weighted by atomic mass is 35.5. The van der Waals surface area contributed by atoms with Gasteiger partial charge in [0.2, 0.25) is 5.91 Å². The highest BCUT2D eigenvalue weighted by Crippen LogP contribution is 2.41. The highest BCUT2D eigenvalue weighted by Gasteiger charge is 2.35. The van der Waals surface area contributed by atoms with E-state index in [2.05, 4.69) is 6.58 Å². The number of piperazine rings is 1. The van der Waals surface area contributed by atoms with Gasteiger partial charge in [-0.2, -0.15) is 0 Å². The molecule has 0 radical (unpaired) electrons. The van der Waals surface area contributed by atoms with Crippen LogP contribution in [-0.4, -0.2) is 79.3 Å². The Kier molecular flexibility index (Phi) is 7.80. The van der Waals surface area contributed by atoms with Crippen molar-refractivity contribution in [2.75, 3.05) is 40.8 Å². The smallest absolute Gasteiger partial charge is 0.257 e. The van der Waals surface area contributed by atoms with Crippen LogP contribution in [0.25, 0.3) is 11.1 Å². The molecule has 2 aromatic rings. The van der Waals surface area contributed by atoms with Gasteiger partial charge < -0.3 is 19.4 Å². The lowest BCUT2D eigenvalue weighted by atomic mass is 9.94. The van der Waals surface area contributed by atoms with Gasteiger partial charge in [0.15, 0.2) is 0 Å². The van der Waals surface area contributed by atoms with E-state index >= 15 is 4.39 Å². The number of methoxy groups -OCH3 is 1. The number of benzene rings is 2. The van der Waals surface area contributed by atoms with Crippen LogP contribution in [0.15, 0.2) is 36.9 Å². The van der Waals surface area contributed by atoms with Gasteiger partial charge in [-0.15, -0.1) is 0 Å². The van der Waals surface area contributed by atoms with E-state index in [-0.39, 0.29) is 53.0 Å². The Bertz CT molecular complexity index is 1200. The first-order valence-corrected chi connectivity index (χ1v) is 11.2. The van der Waals surface area contributed by atoms with Crippen LogP contribution < -0.4 is 4.74 Å². The van der Waals surface area contributed by atoms with Crippen LogP contribution in [0.1, 0.15) is 27.6 Å². The van der Waals surface area contributed by atoms with Crippen molar-refractivity contribution in [3.8, 4) is 16.9 Å². The van der Waals surface area contributed by atoms with Gasteiger partial charge in [-0.25, -0.2) is 8.78 Å². The number of nitrogens with zero attached hydrogens (tertiary/aromatic N) is 3. The predicted octanol–water partition coefficient (Wildman–Crippen LogP) is 3.85. The normalized spacial score (nSPS) is 15.6. The summed E-state index contributed by atoms with van der Waals surface area (Å²) >= 11 is 6.41. The van der Waals surface area contributed by atoms with Crippen LogP contribution in [0.3, 0.4) is 0 Å². The van der Waals surface area contributed by atoms with E-state index in [1.807, 2.05) is 0 Å². The van der Waals surface area contributed by atoms with Crippen molar-refractivity contribution in [2.24, 2.45) is 0 Å². The summed E-state index contributed by atoms with van der Waals surface area (Å²) in [6.45, 7) is 5.87. The van der Waals surface area contributed by atoms with Crippen molar-refractivity contribution >= 4 is 29.3 Å². The molecule has 0 unspecified atom stereocenters. The minimum absolute atomic E-state index is 0.0183. The number of hydrogen-bond acceptors (Lipinski definition) is 4. The van der Waals surface area contributed by atoms with Crippen molar-refractivity contribution < 1.29 is 27.9 Å². The second kappa shape index (κ2) is 10.4. The maximum atomic E-state index is 16.0. The van der Waals surface area contributed by atoms with Crippen LogP contribution in [0.4, 0.5) is 8.78 Å². The van der Waals surface area contributed by atoms with E-state index in [1.54, 1.807) is 11.8 Å². The summed E-state index contributed by atoms with van der Waals surface area (Å²) < 4.78 is 36.0. The van der Waals surface area contributed by atoms with Crippen molar-refractivity contribution in [3.63, 3.8) is 0 Å². The third-order valence-corrected chi connectivity index (χ3v) is 6.19. The molecule has 0 bridgehead atoms. The first-order valence-electron chi connectivity index (χ1n) is 10.8. The Morgan fingerprint density at radius 1 is 1.20 bits per heavy atom. The van der Waals surface area contributed by atoms with E-state index in [0.29, 0.717) is 0 Å². The van der Waals surface area contributed by atoms with Gasteiger partial charge in [-0.1, -0.05) is 24.2 Å². The zero-order chi connectivity index (χ0) is 26.0. The van der Waals surface area contributed by atoms with Crippen LogP contribution in [0.2, 0.25) is 5.02 Å². The number of carbonyl (C=O) groups excluding carboxylic acids is 3. The molecule has 10 heteroatoms. The zero-order valence-electron chi connectivity index (χ0n) is 19.9. The fraction of sp³-hybridized carbons (Fsp3) is 0.320. The van der Waals surface area contributed by atoms with Crippen molar-refractivity contribution in [1.82, 2.24) is 14.7 Å². The largest absolute Gasteiger partial charge is 0.496 e. The number of rotatable bonds is 5. The molecule has 1 aliphatic heterocycles. The molecule has 2 aromatic carbocycles. The Morgan fingerprint density at radius 3 is 2.46 bits per heavy atom. The minimum Gasteiger partial charge on any atom is -0.496 e. The topological polar surface area (TPSA) is 70.2 Å². The SMILES string of the molecule is C=CC(=O)N1CCN(C(=O)c2cc(Cl)c(-c3c(F)cccc3OC)c(F)c2C(=O)N(C)C)[C@@H](C)C1. The molecule has 1 heterocycles. The van der Waals surface area contributed by atoms with Crippen LogP contribution in [0, 0.1) is 11.6 Å². The third kappa shape index (κ3) is 4.86. The lowest BCUT2D eigenvalue weighted by Gasteiger charge is -2.39. The molecule has 0 N–H and O–H groups in total. The summed E-state index contributed by atoms with van der Waals surface area (Å²) in [6.07, 6.45) is 1.20. The molecule has 3 amide bonds. The van der Waals surface area contributed by atoms with E-state index in [0.717, 1.165) is 11.0 Å². The zero-order valence-corrected chi connectivity index (χ0v) is 20.7. The van der Waals surface area contributed by atoms with Gasteiger partial charge in [0.05, 0.1) is 28.8 Å². The molecule has 1 aliphatic rings. The van der Waals surface area contributed by atoms with Gasteiger partial charge >= 0.3 is 0 Å². The molecule has 186 valence electrons. The molecule has 1 atom stereocenters. The fourth-order valence-corrected chi connectivity index (χ4v) is 4.40. The lowest BCUT2D eigenvalue weighted by Crippen LogP contribution is -2.55. The standard InChI is InChI=1S/C25H26ClF2N3O4/c1-6-19(32)30-10-11-31(14(2)13-30)24(33)15-12-16(26)21(23(28)20(15)25(34)29(3)4)22-17(27)8-7-9-18(22)35-5/h6-9,12,14H,1,10-11,13H2,2-5H3/t14-/m0/s1.